The van der Waals surface area contributed by atoms with Gasteiger partial charge in [0.25, 0.3) is 0 Å². The lowest BCUT2D eigenvalue weighted by molar-refractivity contribution is 0.0324. The van der Waals surface area contributed by atoms with E-state index < -0.39 is 5.60 Å². The molecule has 1 aliphatic heterocycles. The van der Waals surface area contributed by atoms with E-state index in [0.717, 1.165) is 43.1 Å². The molecule has 2 aromatic carbocycles. The maximum atomic E-state index is 11.2. The van der Waals surface area contributed by atoms with E-state index in [1.165, 1.54) is 18.4 Å². The number of aliphatic hydroxyl groups is 1. The van der Waals surface area contributed by atoms with Gasteiger partial charge in [-0.25, -0.2) is 0 Å². The van der Waals surface area contributed by atoms with Gasteiger partial charge >= 0.3 is 0 Å². The largest absolute Gasteiger partial charge is 0.385 e. The molecule has 0 bridgehead atoms. The first-order valence-corrected chi connectivity index (χ1v) is 9.16. The number of likely N-dealkylation sites (tertiary alicyclic amines) is 1. The minimum absolute atomic E-state index is 0.769. The molecule has 0 aliphatic carbocycles. The summed E-state index contributed by atoms with van der Waals surface area (Å²) >= 11 is 0. The second kappa shape index (κ2) is 7.50. The molecule has 0 aromatic heterocycles. The fraction of sp³-hybridized carbons (Fsp3) is 0.455. The molecule has 128 valence electrons. The lowest BCUT2D eigenvalue weighted by Gasteiger charge is -2.33. The third-order valence-corrected chi connectivity index (χ3v) is 5.38. The van der Waals surface area contributed by atoms with Gasteiger partial charge in [0.2, 0.25) is 0 Å². The summed E-state index contributed by atoms with van der Waals surface area (Å²) in [6, 6.07) is 18.6. The maximum absolute atomic E-state index is 11.2. The van der Waals surface area contributed by atoms with E-state index >= 15 is 0 Å². The second-order valence-corrected chi connectivity index (χ2v) is 7.46. The number of hydrogen-bond donors (Lipinski definition) is 1. The summed E-state index contributed by atoms with van der Waals surface area (Å²) in [6.45, 7) is 7.59. The van der Waals surface area contributed by atoms with E-state index in [1.807, 2.05) is 25.1 Å². The molecule has 1 heterocycles. The molecular weight excluding hydrogens is 294 g/mol. The Hall–Kier alpha value is -1.64. The Balaban J connectivity index is 1.75. The maximum Gasteiger partial charge on any atom is 0.0886 e. The Bertz CT molecular complexity index is 642. The van der Waals surface area contributed by atoms with Crippen LogP contribution in [-0.4, -0.2) is 29.6 Å². The highest BCUT2D eigenvalue weighted by Crippen LogP contribution is 2.34. The van der Waals surface area contributed by atoms with Gasteiger partial charge in [0.15, 0.2) is 0 Å². The molecule has 24 heavy (non-hydrogen) atoms. The molecule has 0 amide bonds. The van der Waals surface area contributed by atoms with Crippen LogP contribution in [0.4, 0.5) is 0 Å². The van der Waals surface area contributed by atoms with E-state index in [1.54, 1.807) is 0 Å². The summed E-state index contributed by atoms with van der Waals surface area (Å²) in [5.74, 6) is 0.848. The molecule has 1 unspecified atom stereocenters. The van der Waals surface area contributed by atoms with E-state index in [4.69, 9.17) is 0 Å². The summed E-state index contributed by atoms with van der Waals surface area (Å²) < 4.78 is 0. The van der Waals surface area contributed by atoms with Gasteiger partial charge in [0, 0.05) is 6.54 Å². The first kappa shape index (κ1) is 17.2. The molecule has 1 N–H and O–H groups in total. The van der Waals surface area contributed by atoms with E-state index in [9.17, 15) is 5.11 Å². The number of nitrogens with zero attached hydrogens (tertiary/aromatic N) is 1. The Morgan fingerprint density at radius 2 is 1.62 bits per heavy atom. The zero-order valence-corrected chi connectivity index (χ0v) is 14.9. The van der Waals surface area contributed by atoms with E-state index in [2.05, 4.69) is 48.2 Å². The zero-order chi connectivity index (χ0) is 17.0. The molecule has 1 saturated heterocycles. The van der Waals surface area contributed by atoms with Crippen molar-refractivity contribution in [3.8, 4) is 11.1 Å². The van der Waals surface area contributed by atoms with Crippen LogP contribution in [0.5, 0.6) is 0 Å². The topological polar surface area (TPSA) is 23.5 Å². The van der Waals surface area contributed by atoms with Crippen molar-refractivity contribution in [1.82, 2.24) is 4.90 Å². The second-order valence-electron chi connectivity index (χ2n) is 7.46. The molecule has 1 aliphatic rings. The fourth-order valence-electron chi connectivity index (χ4n) is 3.62. The first-order valence-electron chi connectivity index (χ1n) is 9.16. The van der Waals surface area contributed by atoms with Gasteiger partial charge in [-0.15, -0.1) is 0 Å². The molecule has 0 saturated carbocycles. The monoisotopic (exact) mass is 323 g/mol. The van der Waals surface area contributed by atoms with Crippen LogP contribution in [0, 0.1) is 5.92 Å². The van der Waals surface area contributed by atoms with Gasteiger partial charge in [0.05, 0.1) is 5.60 Å². The third-order valence-electron chi connectivity index (χ3n) is 5.38. The minimum Gasteiger partial charge on any atom is -0.385 e. The average Bonchev–Trinajstić information content (AvgIpc) is 2.62. The average molecular weight is 323 g/mol. The van der Waals surface area contributed by atoms with Crippen molar-refractivity contribution in [2.45, 2.75) is 38.7 Å². The van der Waals surface area contributed by atoms with Crippen LogP contribution in [0.2, 0.25) is 0 Å². The Labute approximate surface area is 146 Å². The van der Waals surface area contributed by atoms with Crippen molar-refractivity contribution in [3.63, 3.8) is 0 Å². The minimum atomic E-state index is -0.810. The van der Waals surface area contributed by atoms with Gasteiger partial charge in [0.1, 0.15) is 0 Å². The zero-order valence-electron chi connectivity index (χ0n) is 14.9. The van der Waals surface area contributed by atoms with Crippen molar-refractivity contribution in [2.24, 2.45) is 5.92 Å². The number of piperidine rings is 1. The van der Waals surface area contributed by atoms with Crippen LogP contribution in [0.15, 0.2) is 54.6 Å². The predicted octanol–water partition coefficient (Wildman–Crippen LogP) is 4.68. The first-order chi connectivity index (χ1) is 11.6. The Morgan fingerprint density at radius 3 is 2.33 bits per heavy atom. The summed E-state index contributed by atoms with van der Waals surface area (Å²) in [4.78, 5) is 2.50. The predicted molar refractivity (Wildman–Crippen MR) is 101 cm³/mol. The Morgan fingerprint density at radius 1 is 1.00 bits per heavy atom. The molecule has 0 radical (unpaired) electrons. The van der Waals surface area contributed by atoms with Crippen molar-refractivity contribution in [2.75, 3.05) is 19.6 Å². The number of hydrogen-bond acceptors (Lipinski definition) is 2. The van der Waals surface area contributed by atoms with E-state index in [0.29, 0.717) is 0 Å². The molecule has 3 rings (SSSR count). The highest BCUT2D eigenvalue weighted by atomic mass is 16.3. The summed E-state index contributed by atoms with van der Waals surface area (Å²) in [5.41, 5.74) is 2.52. The summed E-state index contributed by atoms with van der Waals surface area (Å²) in [7, 11) is 0. The molecule has 1 atom stereocenters. The van der Waals surface area contributed by atoms with Crippen molar-refractivity contribution < 1.29 is 5.11 Å². The van der Waals surface area contributed by atoms with Crippen LogP contribution >= 0.6 is 0 Å². The molecular formula is C22H29NO. The van der Waals surface area contributed by atoms with Gasteiger partial charge in [-0.05, 0) is 61.9 Å². The fourth-order valence-corrected chi connectivity index (χ4v) is 3.62. The van der Waals surface area contributed by atoms with Gasteiger partial charge < -0.3 is 10.0 Å². The smallest absolute Gasteiger partial charge is 0.0886 e. The van der Waals surface area contributed by atoms with Crippen LogP contribution < -0.4 is 0 Å². The summed E-state index contributed by atoms with van der Waals surface area (Å²) in [5, 5.41) is 11.2. The van der Waals surface area contributed by atoms with Crippen molar-refractivity contribution in [1.29, 1.82) is 0 Å². The highest BCUT2D eigenvalue weighted by molar-refractivity contribution is 5.68. The lowest BCUT2D eigenvalue weighted by atomic mass is 9.85. The van der Waals surface area contributed by atoms with Crippen molar-refractivity contribution >= 4 is 0 Å². The highest BCUT2D eigenvalue weighted by Gasteiger charge is 2.27. The Kier molecular flexibility index (Phi) is 5.37. The molecule has 2 nitrogen and oxygen atoms in total. The summed E-state index contributed by atoms with van der Waals surface area (Å²) in [6.07, 6.45) is 3.33. The van der Waals surface area contributed by atoms with E-state index in [-0.39, 0.29) is 0 Å². The van der Waals surface area contributed by atoms with Crippen LogP contribution in [-0.2, 0) is 5.60 Å². The number of rotatable bonds is 5. The molecule has 1 fully saturated rings. The van der Waals surface area contributed by atoms with Crippen LogP contribution in [0.3, 0.4) is 0 Å². The van der Waals surface area contributed by atoms with Gasteiger partial charge in [-0.3, -0.25) is 0 Å². The van der Waals surface area contributed by atoms with Crippen LogP contribution in [0.25, 0.3) is 11.1 Å². The van der Waals surface area contributed by atoms with Gasteiger partial charge in [-0.1, -0.05) is 61.5 Å². The normalized spacial score (nSPS) is 19.1. The molecule has 2 heteroatoms. The molecule has 0 spiro atoms. The molecule has 2 aromatic rings. The third kappa shape index (κ3) is 4.06. The van der Waals surface area contributed by atoms with Gasteiger partial charge in [-0.2, -0.15) is 0 Å². The number of benzene rings is 2. The van der Waals surface area contributed by atoms with Crippen LogP contribution in [0.1, 0.15) is 38.7 Å². The standard InChI is InChI=1S/C22H29NO/c1-18-12-15-23(16-13-18)17-14-22(2,24)21-11-7-6-10-20(21)19-8-4-3-5-9-19/h3-11,18,24H,12-17H2,1-2H3. The lowest BCUT2D eigenvalue weighted by Crippen LogP contribution is -2.37. The SMILES string of the molecule is CC1CCN(CCC(C)(O)c2ccccc2-c2ccccc2)CC1. The quantitative estimate of drug-likeness (QED) is 0.863. The van der Waals surface area contributed by atoms with Crippen molar-refractivity contribution in [3.05, 3.63) is 60.2 Å².